The van der Waals surface area contributed by atoms with Gasteiger partial charge in [-0.2, -0.15) is 0 Å². The van der Waals surface area contributed by atoms with Crippen molar-refractivity contribution < 1.29 is 114 Å². The first-order valence-corrected chi connectivity index (χ1v) is 25.2. The summed E-state index contributed by atoms with van der Waals surface area (Å²) in [4.78, 5) is 10.5. The van der Waals surface area contributed by atoms with Gasteiger partial charge in [0, 0.05) is 7.11 Å². The van der Waals surface area contributed by atoms with Crippen molar-refractivity contribution in [1.82, 2.24) is 0 Å². The van der Waals surface area contributed by atoms with Gasteiger partial charge in [0.25, 0.3) is 0 Å². The zero-order chi connectivity index (χ0) is 51.7. The summed E-state index contributed by atoms with van der Waals surface area (Å²) >= 11 is 0. The topological polar surface area (TPSA) is 255 Å². The molecule has 0 bridgehead atoms. The van der Waals surface area contributed by atoms with E-state index in [4.69, 9.17) is 115 Å². The second-order valence-corrected chi connectivity index (χ2v) is 14.4. The van der Waals surface area contributed by atoms with Crippen LogP contribution in [0, 0.1) is 0 Å². The van der Waals surface area contributed by atoms with Gasteiger partial charge < -0.3 is 115 Å². The van der Waals surface area contributed by atoms with Gasteiger partial charge in [0.2, 0.25) is 5.91 Å². The number of carbonyl (C=O) groups excluding carboxylic acids is 1. The monoisotopic (exact) mass is 1060 g/mol. The Morgan fingerprint density at radius 1 is 0.194 bits per heavy atom. The van der Waals surface area contributed by atoms with E-state index in [-0.39, 0.29) is 6.61 Å². The standard InChI is InChI=1S/C47H95NO24/c1-50-2-3-51-4-5-52-6-7-53-8-9-54-10-11-55-12-13-56-14-15-57-16-17-58-18-19-59-20-21-60-22-23-61-24-25-62-26-27-63-28-29-64-30-31-65-32-33-66-34-35-67-36-37-68-38-39-69-40-41-70-42-43-71-44-45-72-46-47(48)49/h2-46H2,1H3,(H2,48,49). The molecule has 0 aromatic carbocycles. The molecule has 0 aliphatic rings. The number of hydrogen-bond acceptors (Lipinski definition) is 24. The van der Waals surface area contributed by atoms with E-state index in [1.54, 1.807) is 7.11 Å². The van der Waals surface area contributed by atoms with Gasteiger partial charge in [-0.05, 0) is 0 Å². The molecule has 0 fully saturated rings. The number of methoxy groups -OCH3 is 1. The Morgan fingerprint density at radius 2 is 0.292 bits per heavy atom. The van der Waals surface area contributed by atoms with Crippen LogP contribution in [0.15, 0.2) is 0 Å². The number of amides is 1. The maximum Gasteiger partial charge on any atom is 0.243 e. The molecule has 25 nitrogen and oxygen atoms in total. The van der Waals surface area contributed by atoms with Crippen LogP contribution in [0.5, 0.6) is 0 Å². The first kappa shape index (κ1) is 70.5. The Kier molecular flexibility index (Phi) is 66.2. The molecule has 0 saturated heterocycles. The Balaban J connectivity index is 3.07. The largest absolute Gasteiger partial charge is 0.382 e. The van der Waals surface area contributed by atoms with Crippen molar-refractivity contribution in [2.24, 2.45) is 5.73 Å². The lowest BCUT2D eigenvalue weighted by Gasteiger charge is -2.09. The Morgan fingerprint density at radius 3 is 0.389 bits per heavy atom. The number of carbonyl (C=O) groups is 1. The minimum Gasteiger partial charge on any atom is -0.382 e. The average Bonchev–Trinajstić information content (AvgIpc) is 3.38. The lowest BCUT2D eigenvalue weighted by Crippen LogP contribution is -2.20. The van der Waals surface area contributed by atoms with Crippen LogP contribution < -0.4 is 5.73 Å². The summed E-state index contributed by atoms with van der Waals surface area (Å²) in [5, 5.41) is 0. The fourth-order valence-corrected chi connectivity index (χ4v) is 4.93. The molecule has 0 heterocycles. The molecule has 0 radical (unpaired) electrons. The van der Waals surface area contributed by atoms with E-state index in [1.807, 2.05) is 0 Å². The van der Waals surface area contributed by atoms with Crippen LogP contribution in [0.2, 0.25) is 0 Å². The van der Waals surface area contributed by atoms with E-state index in [9.17, 15) is 4.79 Å². The summed E-state index contributed by atoms with van der Waals surface area (Å²) < 4.78 is 125. The highest BCUT2D eigenvalue weighted by Gasteiger charge is 2.00. The van der Waals surface area contributed by atoms with E-state index in [0.717, 1.165) is 0 Å². The summed E-state index contributed by atoms with van der Waals surface area (Å²) in [6, 6.07) is 0. The smallest absolute Gasteiger partial charge is 0.243 e. The molecule has 0 rings (SSSR count). The van der Waals surface area contributed by atoms with Crippen LogP contribution in [-0.4, -0.2) is 310 Å². The van der Waals surface area contributed by atoms with E-state index in [0.29, 0.717) is 291 Å². The fraction of sp³-hybridized carbons (Fsp3) is 0.979. The van der Waals surface area contributed by atoms with Gasteiger partial charge in [0.05, 0.1) is 291 Å². The molecule has 0 atom stereocenters. The van der Waals surface area contributed by atoms with Crippen LogP contribution in [0.4, 0.5) is 0 Å². The molecule has 0 aromatic rings. The fourth-order valence-electron chi connectivity index (χ4n) is 4.93. The maximum atomic E-state index is 10.5. The third kappa shape index (κ3) is 68.6. The van der Waals surface area contributed by atoms with Gasteiger partial charge in [-0.25, -0.2) is 0 Å². The number of ether oxygens (including phenoxy) is 23. The van der Waals surface area contributed by atoms with Crippen molar-refractivity contribution in [3.05, 3.63) is 0 Å². The molecule has 1 amide bonds. The predicted octanol–water partition coefficient (Wildman–Crippen LogP) is -0.517. The van der Waals surface area contributed by atoms with E-state index >= 15 is 0 Å². The molecular formula is C47H95NO24. The zero-order valence-electron chi connectivity index (χ0n) is 43.7. The lowest BCUT2D eigenvalue weighted by atomic mass is 10.6. The quantitative estimate of drug-likeness (QED) is 0.0753. The number of hydrogen-bond donors (Lipinski definition) is 1. The van der Waals surface area contributed by atoms with Crippen molar-refractivity contribution >= 4 is 5.91 Å². The molecule has 0 aromatic heterocycles. The first-order valence-electron chi connectivity index (χ1n) is 25.2. The molecule has 0 aliphatic heterocycles. The van der Waals surface area contributed by atoms with E-state index in [2.05, 4.69) is 0 Å². The van der Waals surface area contributed by atoms with E-state index in [1.165, 1.54) is 0 Å². The van der Waals surface area contributed by atoms with Gasteiger partial charge in [-0.15, -0.1) is 0 Å². The highest BCUT2D eigenvalue weighted by Crippen LogP contribution is 1.90. The highest BCUT2D eigenvalue weighted by atomic mass is 16.6. The summed E-state index contributed by atoms with van der Waals surface area (Å²) in [6.07, 6.45) is 0. The third-order valence-electron chi connectivity index (χ3n) is 8.49. The Hall–Kier alpha value is -1.45. The summed E-state index contributed by atoms with van der Waals surface area (Å²) in [6.45, 7) is 21.3. The average molecular weight is 1060 g/mol. The normalized spacial score (nSPS) is 11.7. The summed E-state index contributed by atoms with van der Waals surface area (Å²) in [5.74, 6) is -0.501. The van der Waals surface area contributed by atoms with Crippen molar-refractivity contribution in [3.8, 4) is 0 Å². The molecule has 0 aliphatic carbocycles. The first-order chi connectivity index (χ1) is 35.8. The Bertz CT molecular complexity index is 988. The molecule has 432 valence electrons. The SMILES string of the molecule is COCCOCCOCCOCCOCCOCCOCCOCCOCCOCCOCCOCCOCCOCCOCCOCCOCCOCCOCCOCCOCCOCCOCC(N)=O. The number of nitrogens with two attached hydrogens (primary N) is 1. The summed E-state index contributed by atoms with van der Waals surface area (Å²) in [5.41, 5.74) is 4.97. The van der Waals surface area contributed by atoms with Crippen LogP contribution in [0.25, 0.3) is 0 Å². The highest BCUT2D eigenvalue weighted by molar-refractivity contribution is 5.74. The summed E-state index contributed by atoms with van der Waals surface area (Å²) in [7, 11) is 1.64. The van der Waals surface area contributed by atoms with Crippen LogP contribution in [-0.2, 0) is 114 Å². The molecule has 0 unspecified atom stereocenters. The molecular weight excluding hydrogens is 962 g/mol. The lowest BCUT2D eigenvalue weighted by molar-refractivity contribution is -0.123. The van der Waals surface area contributed by atoms with Gasteiger partial charge in [-0.3, -0.25) is 4.79 Å². The van der Waals surface area contributed by atoms with Crippen LogP contribution in [0.1, 0.15) is 0 Å². The second kappa shape index (κ2) is 67.6. The van der Waals surface area contributed by atoms with Crippen molar-refractivity contribution in [1.29, 1.82) is 0 Å². The minimum atomic E-state index is -0.501. The molecule has 0 spiro atoms. The zero-order valence-corrected chi connectivity index (χ0v) is 43.7. The minimum absolute atomic E-state index is 0.102. The van der Waals surface area contributed by atoms with Gasteiger partial charge in [0.1, 0.15) is 6.61 Å². The number of primary amides is 1. The second-order valence-electron chi connectivity index (χ2n) is 14.4. The van der Waals surface area contributed by atoms with Crippen molar-refractivity contribution in [2.45, 2.75) is 0 Å². The van der Waals surface area contributed by atoms with Gasteiger partial charge >= 0.3 is 0 Å². The molecule has 25 heteroatoms. The van der Waals surface area contributed by atoms with Gasteiger partial charge in [-0.1, -0.05) is 0 Å². The molecule has 2 N–H and O–H groups in total. The van der Waals surface area contributed by atoms with Crippen LogP contribution >= 0.6 is 0 Å². The maximum absolute atomic E-state index is 10.5. The Labute approximate surface area is 429 Å². The molecule has 0 saturated carbocycles. The number of rotatable bonds is 68. The third-order valence-corrected chi connectivity index (χ3v) is 8.49. The predicted molar refractivity (Wildman–Crippen MR) is 259 cm³/mol. The van der Waals surface area contributed by atoms with Crippen molar-refractivity contribution in [3.63, 3.8) is 0 Å². The molecule has 72 heavy (non-hydrogen) atoms. The van der Waals surface area contributed by atoms with E-state index < -0.39 is 5.91 Å². The van der Waals surface area contributed by atoms with Crippen molar-refractivity contribution in [2.75, 3.05) is 304 Å². The van der Waals surface area contributed by atoms with Crippen LogP contribution in [0.3, 0.4) is 0 Å². The van der Waals surface area contributed by atoms with Gasteiger partial charge in [0.15, 0.2) is 0 Å².